The van der Waals surface area contributed by atoms with Crippen molar-refractivity contribution in [3.05, 3.63) is 0 Å². The first-order chi connectivity index (χ1) is 9.06. The summed E-state index contributed by atoms with van der Waals surface area (Å²) >= 11 is 1.58. The lowest BCUT2D eigenvalue weighted by molar-refractivity contribution is -0.139. The van der Waals surface area contributed by atoms with E-state index in [9.17, 15) is 9.59 Å². The summed E-state index contributed by atoms with van der Waals surface area (Å²) in [6.45, 7) is 0. The Bertz CT molecular complexity index is 306. The van der Waals surface area contributed by atoms with Gasteiger partial charge in [0.1, 0.15) is 6.04 Å². The molecule has 19 heavy (non-hydrogen) atoms. The van der Waals surface area contributed by atoms with Crippen molar-refractivity contribution in [1.29, 1.82) is 0 Å². The molecule has 1 saturated carbocycles. The number of carboxylic acid groups (broad SMARTS) is 1. The van der Waals surface area contributed by atoms with Crippen molar-refractivity contribution in [3.63, 3.8) is 0 Å². The van der Waals surface area contributed by atoms with Crippen molar-refractivity contribution in [2.45, 2.75) is 50.6 Å². The number of carbonyl (C=O) groups is 2. The Hall–Kier alpha value is -0.910. The smallest absolute Gasteiger partial charge is 0.326 e. The lowest BCUT2D eigenvalue weighted by Crippen LogP contribution is -2.50. The second-order valence-corrected chi connectivity index (χ2v) is 6.01. The number of hydrogen-bond donors (Lipinski definition) is 2. The van der Waals surface area contributed by atoms with Gasteiger partial charge in [-0.25, -0.2) is 9.59 Å². The van der Waals surface area contributed by atoms with Crippen LogP contribution < -0.4 is 5.32 Å². The maximum atomic E-state index is 12.1. The molecule has 0 unspecified atom stereocenters. The monoisotopic (exact) mass is 288 g/mol. The molecular weight excluding hydrogens is 264 g/mol. The summed E-state index contributed by atoms with van der Waals surface area (Å²) in [6, 6.07) is -0.796. The molecular formula is C13H24N2O3S. The van der Waals surface area contributed by atoms with Crippen molar-refractivity contribution in [1.82, 2.24) is 10.2 Å². The molecule has 0 aromatic rings. The third kappa shape index (κ3) is 5.30. The standard InChI is InChI=1S/C13H24N2O3S/c1-15(10-6-4-3-5-7-10)13(18)14-11(12(16)17)8-9-19-2/h10-11H,3-9H2,1-2H3,(H,14,18)(H,16,17)/t11-/m0/s1. The molecule has 110 valence electrons. The molecule has 0 saturated heterocycles. The van der Waals surface area contributed by atoms with E-state index in [1.807, 2.05) is 6.26 Å². The first-order valence-corrected chi connectivity index (χ1v) is 8.20. The van der Waals surface area contributed by atoms with Crippen LogP contribution in [0, 0.1) is 0 Å². The van der Waals surface area contributed by atoms with Crippen molar-refractivity contribution in [2.24, 2.45) is 0 Å². The summed E-state index contributed by atoms with van der Waals surface area (Å²) in [6.07, 6.45) is 7.96. The number of amides is 2. The van der Waals surface area contributed by atoms with Gasteiger partial charge < -0.3 is 15.3 Å². The lowest BCUT2D eigenvalue weighted by Gasteiger charge is -2.32. The van der Waals surface area contributed by atoms with Gasteiger partial charge in [-0.1, -0.05) is 19.3 Å². The third-order valence-electron chi connectivity index (χ3n) is 3.65. The van der Waals surface area contributed by atoms with Gasteiger partial charge in [0.2, 0.25) is 0 Å². The fourth-order valence-electron chi connectivity index (χ4n) is 2.38. The summed E-state index contributed by atoms with van der Waals surface area (Å²) in [5, 5.41) is 11.7. The van der Waals surface area contributed by atoms with E-state index in [2.05, 4.69) is 5.32 Å². The number of urea groups is 1. The predicted molar refractivity (Wildman–Crippen MR) is 77.6 cm³/mol. The van der Waals surface area contributed by atoms with Crippen molar-refractivity contribution >= 4 is 23.8 Å². The van der Waals surface area contributed by atoms with E-state index in [1.54, 1.807) is 23.7 Å². The molecule has 0 aromatic carbocycles. The summed E-state index contributed by atoms with van der Waals surface area (Å²) in [7, 11) is 1.76. The van der Waals surface area contributed by atoms with Gasteiger partial charge in [0.15, 0.2) is 0 Å². The van der Waals surface area contributed by atoms with E-state index in [4.69, 9.17) is 5.11 Å². The van der Waals surface area contributed by atoms with Crippen LogP contribution in [0.1, 0.15) is 38.5 Å². The normalized spacial score (nSPS) is 17.8. The van der Waals surface area contributed by atoms with Crippen LogP contribution in [-0.4, -0.2) is 53.1 Å². The number of nitrogens with one attached hydrogen (secondary N) is 1. The van der Waals surface area contributed by atoms with Crippen LogP contribution in [-0.2, 0) is 4.79 Å². The topological polar surface area (TPSA) is 69.6 Å². The molecule has 0 bridgehead atoms. The van der Waals surface area contributed by atoms with Gasteiger partial charge >= 0.3 is 12.0 Å². The molecule has 2 N–H and O–H groups in total. The molecule has 1 rings (SSSR count). The average Bonchev–Trinajstić information content (AvgIpc) is 2.43. The van der Waals surface area contributed by atoms with Gasteiger partial charge in [-0.3, -0.25) is 0 Å². The number of carbonyl (C=O) groups excluding carboxylic acids is 1. The molecule has 5 nitrogen and oxygen atoms in total. The Balaban J connectivity index is 2.47. The van der Waals surface area contributed by atoms with Crippen LogP contribution >= 0.6 is 11.8 Å². The fraction of sp³-hybridized carbons (Fsp3) is 0.846. The Morgan fingerprint density at radius 2 is 2.00 bits per heavy atom. The number of carboxylic acids is 1. The third-order valence-corrected chi connectivity index (χ3v) is 4.29. The summed E-state index contributed by atoms with van der Waals surface area (Å²) in [5.74, 6) is -0.232. The second-order valence-electron chi connectivity index (χ2n) is 5.02. The number of nitrogens with zero attached hydrogens (tertiary/aromatic N) is 1. The van der Waals surface area contributed by atoms with Crippen LogP contribution in [0.3, 0.4) is 0 Å². The molecule has 0 heterocycles. The minimum Gasteiger partial charge on any atom is -0.480 e. The summed E-state index contributed by atoms with van der Waals surface area (Å²) < 4.78 is 0. The highest BCUT2D eigenvalue weighted by atomic mass is 32.2. The summed E-state index contributed by atoms with van der Waals surface area (Å²) in [4.78, 5) is 24.8. The maximum absolute atomic E-state index is 12.1. The Morgan fingerprint density at radius 3 is 2.53 bits per heavy atom. The summed E-state index contributed by atoms with van der Waals surface area (Å²) in [5.41, 5.74) is 0. The predicted octanol–water partition coefficient (Wildman–Crippen LogP) is 2.17. The molecule has 0 aliphatic heterocycles. The van der Waals surface area contributed by atoms with E-state index in [1.165, 1.54) is 6.42 Å². The van der Waals surface area contributed by atoms with Crippen molar-refractivity contribution < 1.29 is 14.7 Å². The lowest BCUT2D eigenvalue weighted by atomic mass is 9.95. The maximum Gasteiger partial charge on any atom is 0.326 e. The second kappa shape index (κ2) is 8.30. The fourth-order valence-corrected chi connectivity index (χ4v) is 2.85. The Labute approximate surface area is 119 Å². The molecule has 1 fully saturated rings. The first kappa shape index (κ1) is 16.1. The molecule has 0 aromatic heterocycles. The van der Waals surface area contributed by atoms with Crippen molar-refractivity contribution in [3.8, 4) is 0 Å². The van der Waals surface area contributed by atoms with E-state index in [0.29, 0.717) is 6.42 Å². The number of thioether (sulfide) groups is 1. The van der Waals surface area contributed by atoms with Crippen LogP contribution in [0.4, 0.5) is 4.79 Å². The highest BCUT2D eigenvalue weighted by Crippen LogP contribution is 2.21. The van der Waals surface area contributed by atoms with Crippen LogP contribution in [0.5, 0.6) is 0 Å². The largest absolute Gasteiger partial charge is 0.480 e. The number of hydrogen-bond acceptors (Lipinski definition) is 3. The molecule has 1 aliphatic carbocycles. The molecule has 0 spiro atoms. The van der Waals surface area contributed by atoms with Crippen LogP contribution in [0.25, 0.3) is 0 Å². The van der Waals surface area contributed by atoms with Gasteiger partial charge in [0, 0.05) is 13.1 Å². The SMILES string of the molecule is CSCC[C@H](NC(=O)N(C)C1CCCCC1)C(=O)O. The van der Waals surface area contributed by atoms with Gasteiger partial charge in [-0.05, 0) is 31.3 Å². The quantitative estimate of drug-likeness (QED) is 0.786. The zero-order chi connectivity index (χ0) is 14.3. The zero-order valence-electron chi connectivity index (χ0n) is 11.7. The van der Waals surface area contributed by atoms with Crippen LogP contribution in [0.2, 0.25) is 0 Å². The Morgan fingerprint density at radius 1 is 1.37 bits per heavy atom. The highest BCUT2D eigenvalue weighted by molar-refractivity contribution is 7.98. The van der Waals surface area contributed by atoms with Crippen molar-refractivity contribution in [2.75, 3.05) is 19.1 Å². The molecule has 1 aliphatic rings. The van der Waals surface area contributed by atoms with E-state index in [-0.39, 0.29) is 12.1 Å². The number of aliphatic carboxylic acids is 1. The van der Waals surface area contributed by atoms with Gasteiger partial charge in [-0.15, -0.1) is 0 Å². The van der Waals surface area contributed by atoms with Crippen LogP contribution in [0.15, 0.2) is 0 Å². The van der Waals surface area contributed by atoms with E-state index >= 15 is 0 Å². The molecule has 1 atom stereocenters. The van der Waals surface area contributed by atoms with E-state index < -0.39 is 12.0 Å². The van der Waals surface area contributed by atoms with Gasteiger partial charge in [-0.2, -0.15) is 11.8 Å². The van der Waals surface area contributed by atoms with E-state index in [0.717, 1.165) is 31.4 Å². The number of rotatable bonds is 6. The minimum absolute atomic E-state index is 0.253. The molecule has 6 heteroatoms. The van der Waals surface area contributed by atoms with Gasteiger partial charge in [0.25, 0.3) is 0 Å². The van der Waals surface area contributed by atoms with Gasteiger partial charge in [0.05, 0.1) is 0 Å². The molecule has 2 amide bonds. The molecule has 0 radical (unpaired) electrons. The first-order valence-electron chi connectivity index (χ1n) is 6.81. The average molecular weight is 288 g/mol. The zero-order valence-corrected chi connectivity index (χ0v) is 12.5. The minimum atomic E-state index is -0.959. The Kier molecular flexibility index (Phi) is 7.05. The highest BCUT2D eigenvalue weighted by Gasteiger charge is 2.26.